The number of hydrogen-bond donors (Lipinski definition) is 2. The smallest absolute Gasteiger partial charge is 0.253 e. The molecule has 1 atom stereocenters. The number of aliphatic hydroxyl groups is 1. The van der Waals surface area contributed by atoms with E-state index in [0.717, 1.165) is 11.0 Å². The first kappa shape index (κ1) is 17.1. The summed E-state index contributed by atoms with van der Waals surface area (Å²) in [7, 11) is 0. The number of carbonyl (C=O) groups excluding carboxylic acids is 1. The van der Waals surface area contributed by atoms with Gasteiger partial charge >= 0.3 is 0 Å². The van der Waals surface area contributed by atoms with Crippen molar-refractivity contribution in [3.8, 4) is 5.82 Å². The molecule has 6 nitrogen and oxygen atoms in total. The van der Waals surface area contributed by atoms with E-state index in [4.69, 9.17) is 5.11 Å². The Morgan fingerprint density at radius 1 is 1.20 bits per heavy atom. The van der Waals surface area contributed by atoms with Crippen LogP contribution in [-0.2, 0) is 0 Å². The number of amides is 1. The van der Waals surface area contributed by atoms with Gasteiger partial charge in [0.2, 0.25) is 0 Å². The van der Waals surface area contributed by atoms with Gasteiger partial charge < -0.3 is 10.4 Å². The summed E-state index contributed by atoms with van der Waals surface area (Å²) in [5, 5.41) is 12.1. The second kappa shape index (κ2) is 7.44. The second-order valence-corrected chi connectivity index (χ2v) is 6.34. The summed E-state index contributed by atoms with van der Waals surface area (Å²) in [6.45, 7) is 4.09. The summed E-state index contributed by atoms with van der Waals surface area (Å²) < 4.78 is 1.89. The van der Waals surface area contributed by atoms with Crippen molar-refractivity contribution in [2.75, 3.05) is 6.61 Å². The molecule has 0 aliphatic carbocycles. The largest absolute Gasteiger partial charge is 0.396 e. The van der Waals surface area contributed by atoms with Gasteiger partial charge in [0.25, 0.3) is 5.91 Å². The molecule has 6 heteroatoms. The molecule has 0 fully saturated rings. The Morgan fingerprint density at radius 3 is 2.68 bits per heavy atom. The molecular formula is C19H22N4O2. The summed E-state index contributed by atoms with van der Waals surface area (Å²) in [6, 6.07) is 11.3. The molecule has 0 bridgehead atoms. The van der Waals surface area contributed by atoms with E-state index in [2.05, 4.69) is 15.3 Å². The lowest BCUT2D eigenvalue weighted by molar-refractivity contribution is 0.0916. The third-order valence-corrected chi connectivity index (χ3v) is 4.27. The van der Waals surface area contributed by atoms with Gasteiger partial charge in [0, 0.05) is 18.8 Å². The number of para-hydroxylation sites is 2. The molecule has 1 unspecified atom stereocenters. The van der Waals surface area contributed by atoms with Crippen molar-refractivity contribution in [1.82, 2.24) is 19.9 Å². The lowest BCUT2D eigenvalue weighted by atomic mass is 10.0. The van der Waals surface area contributed by atoms with Gasteiger partial charge in [-0.1, -0.05) is 26.0 Å². The normalized spacial score (nSPS) is 12.5. The summed E-state index contributed by atoms with van der Waals surface area (Å²) in [6.07, 6.45) is 3.83. The van der Waals surface area contributed by atoms with Crippen molar-refractivity contribution in [3.05, 3.63) is 54.5 Å². The summed E-state index contributed by atoms with van der Waals surface area (Å²) >= 11 is 0. The second-order valence-electron chi connectivity index (χ2n) is 6.34. The fourth-order valence-electron chi connectivity index (χ4n) is 2.77. The molecule has 0 saturated heterocycles. The lowest BCUT2D eigenvalue weighted by Gasteiger charge is -2.21. The maximum Gasteiger partial charge on any atom is 0.253 e. The Bertz CT molecular complexity index is 855. The Morgan fingerprint density at radius 2 is 2.00 bits per heavy atom. The molecule has 130 valence electrons. The molecule has 0 radical (unpaired) electrons. The molecule has 0 aliphatic rings. The van der Waals surface area contributed by atoms with Crippen molar-refractivity contribution in [2.24, 2.45) is 5.92 Å². The van der Waals surface area contributed by atoms with Crippen molar-refractivity contribution in [3.63, 3.8) is 0 Å². The lowest BCUT2D eigenvalue weighted by Crippen LogP contribution is -2.39. The van der Waals surface area contributed by atoms with Gasteiger partial charge in [-0.25, -0.2) is 9.97 Å². The standard InChI is InChI=1S/C19H22N4O2/c1-13(2)15(9-10-24)22-19(25)14-7-8-18(20-11-14)23-12-21-16-5-3-4-6-17(16)23/h3-8,11-13,15,24H,9-10H2,1-2H3,(H,22,25). The molecule has 2 heterocycles. The van der Waals surface area contributed by atoms with Crippen LogP contribution in [0.3, 0.4) is 0 Å². The van der Waals surface area contributed by atoms with E-state index >= 15 is 0 Å². The van der Waals surface area contributed by atoms with Crippen LogP contribution in [0, 0.1) is 5.92 Å². The predicted molar refractivity (Wildman–Crippen MR) is 96.7 cm³/mol. The van der Waals surface area contributed by atoms with Crippen LogP contribution in [0.15, 0.2) is 48.9 Å². The van der Waals surface area contributed by atoms with Crippen LogP contribution in [0.1, 0.15) is 30.6 Å². The fraction of sp³-hybridized carbons (Fsp3) is 0.316. The van der Waals surface area contributed by atoms with Crippen LogP contribution < -0.4 is 5.32 Å². The number of pyridine rings is 1. The first-order valence-electron chi connectivity index (χ1n) is 8.40. The highest BCUT2D eigenvalue weighted by Gasteiger charge is 2.17. The van der Waals surface area contributed by atoms with Gasteiger partial charge in [0.05, 0.1) is 16.6 Å². The number of benzene rings is 1. The van der Waals surface area contributed by atoms with Crippen LogP contribution >= 0.6 is 0 Å². The molecule has 3 rings (SSSR count). The van der Waals surface area contributed by atoms with Crippen molar-refractivity contribution >= 4 is 16.9 Å². The topological polar surface area (TPSA) is 80.0 Å². The molecular weight excluding hydrogens is 316 g/mol. The van der Waals surface area contributed by atoms with Crippen LogP contribution in [0.4, 0.5) is 0 Å². The van der Waals surface area contributed by atoms with Gasteiger partial charge in [-0.3, -0.25) is 9.36 Å². The van der Waals surface area contributed by atoms with Crippen molar-refractivity contribution < 1.29 is 9.90 Å². The van der Waals surface area contributed by atoms with Gasteiger partial charge in [-0.2, -0.15) is 0 Å². The number of imidazole rings is 1. The third kappa shape index (κ3) is 3.69. The Hall–Kier alpha value is -2.73. The minimum absolute atomic E-state index is 0.0496. The van der Waals surface area contributed by atoms with Crippen molar-refractivity contribution in [1.29, 1.82) is 0 Å². The Balaban J connectivity index is 1.79. The minimum atomic E-state index is -0.179. The van der Waals surface area contributed by atoms with E-state index in [9.17, 15) is 4.79 Å². The van der Waals surface area contributed by atoms with E-state index in [1.807, 2.05) is 42.7 Å². The zero-order chi connectivity index (χ0) is 17.8. The van der Waals surface area contributed by atoms with Crippen molar-refractivity contribution in [2.45, 2.75) is 26.3 Å². The zero-order valence-corrected chi connectivity index (χ0v) is 14.4. The van der Waals surface area contributed by atoms with Gasteiger partial charge in [0.1, 0.15) is 12.1 Å². The number of aliphatic hydroxyl groups excluding tert-OH is 1. The quantitative estimate of drug-likeness (QED) is 0.724. The first-order valence-corrected chi connectivity index (χ1v) is 8.40. The average molecular weight is 338 g/mol. The predicted octanol–water partition coefficient (Wildman–Crippen LogP) is 2.56. The number of carbonyl (C=O) groups is 1. The Kier molecular flexibility index (Phi) is 5.09. The number of nitrogens with zero attached hydrogens (tertiary/aromatic N) is 3. The third-order valence-electron chi connectivity index (χ3n) is 4.27. The maximum atomic E-state index is 12.4. The molecule has 1 amide bonds. The highest BCUT2D eigenvalue weighted by Crippen LogP contribution is 2.16. The van der Waals surface area contributed by atoms with Crippen LogP contribution in [0.5, 0.6) is 0 Å². The van der Waals surface area contributed by atoms with E-state index in [1.54, 1.807) is 24.7 Å². The average Bonchev–Trinajstić information content (AvgIpc) is 3.05. The zero-order valence-electron chi connectivity index (χ0n) is 14.4. The highest BCUT2D eigenvalue weighted by molar-refractivity contribution is 5.94. The minimum Gasteiger partial charge on any atom is -0.396 e. The fourth-order valence-corrected chi connectivity index (χ4v) is 2.77. The van der Waals surface area contributed by atoms with E-state index in [-0.39, 0.29) is 24.5 Å². The molecule has 0 aliphatic heterocycles. The summed E-state index contributed by atoms with van der Waals surface area (Å²) in [5.74, 6) is 0.781. The van der Waals surface area contributed by atoms with E-state index in [0.29, 0.717) is 17.8 Å². The molecule has 0 saturated carbocycles. The van der Waals surface area contributed by atoms with Gasteiger partial charge in [0.15, 0.2) is 0 Å². The molecule has 1 aromatic carbocycles. The highest BCUT2D eigenvalue weighted by atomic mass is 16.3. The number of aromatic nitrogens is 3. The SMILES string of the molecule is CC(C)C(CCO)NC(=O)c1ccc(-n2cnc3ccccc32)nc1. The monoisotopic (exact) mass is 338 g/mol. The molecule has 3 aromatic rings. The van der Waals surface area contributed by atoms with Gasteiger partial charge in [-0.15, -0.1) is 0 Å². The number of hydrogen-bond acceptors (Lipinski definition) is 4. The molecule has 0 spiro atoms. The van der Waals surface area contributed by atoms with Crippen LogP contribution in [-0.4, -0.2) is 38.2 Å². The number of rotatable bonds is 6. The number of fused-ring (bicyclic) bond motifs is 1. The summed E-state index contributed by atoms with van der Waals surface area (Å²) in [5.41, 5.74) is 2.36. The van der Waals surface area contributed by atoms with E-state index in [1.165, 1.54) is 0 Å². The molecule has 2 aromatic heterocycles. The van der Waals surface area contributed by atoms with E-state index < -0.39 is 0 Å². The van der Waals surface area contributed by atoms with Gasteiger partial charge in [-0.05, 0) is 36.6 Å². The van der Waals surface area contributed by atoms with Crippen LogP contribution in [0.2, 0.25) is 0 Å². The first-order chi connectivity index (χ1) is 12.1. The number of nitrogens with one attached hydrogen (secondary N) is 1. The maximum absolute atomic E-state index is 12.4. The Labute approximate surface area is 146 Å². The van der Waals surface area contributed by atoms with Crippen LogP contribution in [0.25, 0.3) is 16.9 Å². The molecule has 25 heavy (non-hydrogen) atoms. The molecule has 2 N–H and O–H groups in total. The summed E-state index contributed by atoms with van der Waals surface area (Å²) in [4.78, 5) is 21.1.